The van der Waals surface area contributed by atoms with Crippen LogP contribution in [0.25, 0.3) is 0 Å². The van der Waals surface area contributed by atoms with Crippen molar-refractivity contribution in [1.29, 1.82) is 0 Å². The SMILES string of the molecule is C=C(C)C(=O)OC(C)C(=O)[O-].[K+]. The van der Waals surface area contributed by atoms with E-state index in [0.29, 0.717) is 0 Å². The molecule has 0 aliphatic rings. The normalized spacial score (nSPS) is 10.8. The third kappa shape index (κ3) is 5.90. The van der Waals surface area contributed by atoms with Gasteiger partial charge >= 0.3 is 57.4 Å². The number of aliphatic carboxylic acids is 1. The van der Waals surface area contributed by atoms with Gasteiger partial charge in [0.25, 0.3) is 0 Å². The van der Waals surface area contributed by atoms with E-state index in [0.717, 1.165) is 0 Å². The van der Waals surface area contributed by atoms with Gasteiger partial charge in [0, 0.05) is 5.57 Å². The van der Waals surface area contributed by atoms with Crippen molar-refractivity contribution in [1.82, 2.24) is 0 Å². The van der Waals surface area contributed by atoms with Crippen molar-refractivity contribution in [2.24, 2.45) is 0 Å². The van der Waals surface area contributed by atoms with E-state index in [1.807, 2.05) is 0 Å². The third-order valence-electron chi connectivity index (χ3n) is 0.964. The fourth-order valence-electron chi connectivity index (χ4n) is 0.309. The first-order chi connectivity index (χ1) is 4.95. The number of carboxylic acids is 1. The van der Waals surface area contributed by atoms with Gasteiger partial charge in [0.1, 0.15) is 6.10 Å². The molecule has 0 bridgehead atoms. The molecule has 0 aliphatic carbocycles. The van der Waals surface area contributed by atoms with Gasteiger partial charge in [0.05, 0.1) is 5.97 Å². The summed E-state index contributed by atoms with van der Waals surface area (Å²) in [5.74, 6) is -2.14. The molecule has 0 radical (unpaired) electrons. The van der Waals surface area contributed by atoms with E-state index in [1.54, 1.807) is 0 Å². The maximum atomic E-state index is 10.6. The van der Waals surface area contributed by atoms with Crippen molar-refractivity contribution in [3.05, 3.63) is 12.2 Å². The van der Waals surface area contributed by atoms with Gasteiger partial charge in [-0.05, 0) is 13.8 Å². The summed E-state index contributed by atoms with van der Waals surface area (Å²) in [5.41, 5.74) is 0.165. The van der Waals surface area contributed by atoms with E-state index in [4.69, 9.17) is 0 Å². The van der Waals surface area contributed by atoms with Gasteiger partial charge in [-0.2, -0.15) is 0 Å². The minimum absolute atomic E-state index is 0. The van der Waals surface area contributed by atoms with Crippen LogP contribution in [-0.2, 0) is 14.3 Å². The Kier molecular flexibility index (Phi) is 8.39. The molecular weight excluding hydrogens is 187 g/mol. The molecule has 0 amide bonds. The van der Waals surface area contributed by atoms with Gasteiger partial charge in [-0.3, -0.25) is 0 Å². The van der Waals surface area contributed by atoms with Crippen molar-refractivity contribution < 1.29 is 70.8 Å². The molecular formula is C7H9KO4. The second kappa shape index (κ2) is 6.79. The van der Waals surface area contributed by atoms with Crippen molar-refractivity contribution in [3.8, 4) is 0 Å². The molecule has 1 atom stereocenters. The van der Waals surface area contributed by atoms with E-state index >= 15 is 0 Å². The summed E-state index contributed by atoms with van der Waals surface area (Å²) in [6.07, 6.45) is -1.22. The molecule has 0 saturated heterocycles. The summed E-state index contributed by atoms with van der Waals surface area (Å²) in [6.45, 7) is 5.93. The first-order valence-electron chi connectivity index (χ1n) is 3.02. The molecule has 5 heteroatoms. The summed E-state index contributed by atoms with van der Waals surface area (Å²) in [5, 5.41) is 10.0. The zero-order chi connectivity index (χ0) is 9.02. The first kappa shape index (κ1) is 14.8. The van der Waals surface area contributed by atoms with Gasteiger partial charge in [-0.25, -0.2) is 4.79 Å². The second-order valence-electron chi connectivity index (χ2n) is 2.15. The molecule has 0 spiro atoms. The van der Waals surface area contributed by atoms with Crippen molar-refractivity contribution in [2.75, 3.05) is 0 Å². The molecule has 0 rings (SSSR count). The van der Waals surface area contributed by atoms with Crippen LogP contribution in [-0.4, -0.2) is 18.0 Å². The molecule has 0 aromatic carbocycles. The topological polar surface area (TPSA) is 66.4 Å². The molecule has 0 aromatic rings. The van der Waals surface area contributed by atoms with Crippen molar-refractivity contribution >= 4 is 11.9 Å². The molecule has 0 fully saturated rings. The standard InChI is InChI=1S/C7H10O4.K/c1-4(2)7(10)11-5(3)6(8)9;/h5H,1H2,2-3H3,(H,8,9);/q;+1/p-1. The van der Waals surface area contributed by atoms with Crippen LogP contribution < -0.4 is 56.5 Å². The van der Waals surface area contributed by atoms with E-state index in [2.05, 4.69) is 11.3 Å². The molecule has 1 unspecified atom stereocenters. The molecule has 0 aliphatic heterocycles. The quantitative estimate of drug-likeness (QED) is 0.264. The van der Waals surface area contributed by atoms with Crippen LogP contribution in [0.15, 0.2) is 12.2 Å². The van der Waals surface area contributed by atoms with Gasteiger partial charge in [0.2, 0.25) is 0 Å². The van der Waals surface area contributed by atoms with Gasteiger partial charge in [-0.1, -0.05) is 6.58 Å². The number of esters is 1. The first-order valence-corrected chi connectivity index (χ1v) is 3.02. The average molecular weight is 196 g/mol. The Labute approximate surface area is 113 Å². The molecule has 0 N–H and O–H groups in total. The Morgan fingerprint density at radius 3 is 2.17 bits per heavy atom. The zero-order valence-electron chi connectivity index (χ0n) is 7.42. The van der Waals surface area contributed by atoms with Gasteiger partial charge in [-0.15, -0.1) is 0 Å². The van der Waals surface area contributed by atoms with Crippen LogP contribution in [0.1, 0.15) is 13.8 Å². The summed E-state index contributed by atoms with van der Waals surface area (Å²) >= 11 is 0. The Morgan fingerprint density at radius 1 is 1.50 bits per heavy atom. The molecule has 0 aromatic heterocycles. The Balaban J connectivity index is 0. The summed E-state index contributed by atoms with van der Waals surface area (Å²) in [4.78, 5) is 20.7. The van der Waals surface area contributed by atoms with Crippen molar-refractivity contribution in [3.63, 3.8) is 0 Å². The maximum absolute atomic E-state index is 10.6. The van der Waals surface area contributed by atoms with Crippen LogP contribution >= 0.6 is 0 Å². The zero-order valence-corrected chi connectivity index (χ0v) is 10.5. The summed E-state index contributed by atoms with van der Waals surface area (Å²) in [7, 11) is 0. The van der Waals surface area contributed by atoms with Gasteiger partial charge in [0.15, 0.2) is 0 Å². The molecule has 0 heterocycles. The smallest absolute Gasteiger partial charge is 0.546 e. The predicted molar refractivity (Wildman–Crippen MR) is 35.4 cm³/mol. The van der Waals surface area contributed by atoms with E-state index in [9.17, 15) is 14.7 Å². The second-order valence-corrected chi connectivity index (χ2v) is 2.15. The molecule has 4 nitrogen and oxygen atoms in total. The molecule has 0 saturated carbocycles. The van der Waals surface area contributed by atoms with E-state index < -0.39 is 18.0 Å². The number of hydrogen-bond acceptors (Lipinski definition) is 4. The largest absolute Gasteiger partial charge is 1.00 e. The maximum Gasteiger partial charge on any atom is 1.00 e. The minimum atomic E-state index is -1.42. The number of ether oxygens (including phenoxy) is 1. The predicted octanol–water partition coefficient (Wildman–Crippen LogP) is -3.75. The number of carbonyl (C=O) groups excluding carboxylic acids is 2. The number of carbonyl (C=O) groups is 2. The average Bonchev–Trinajstić information content (AvgIpc) is 1.87. The fraction of sp³-hybridized carbons (Fsp3) is 0.429. The Bertz CT molecular complexity index is 200. The van der Waals surface area contributed by atoms with Crippen LogP contribution in [0.5, 0.6) is 0 Å². The number of carboxylic acid groups (broad SMARTS) is 1. The Morgan fingerprint density at radius 2 is 1.92 bits per heavy atom. The fourth-order valence-corrected chi connectivity index (χ4v) is 0.309. The van der Waals surface area contributed by atoms with Crippen LogP contribution in [0, 0.1) is 0 Å². The Hall–Kier alpha value is 0.316. The van der Waals surface area contributed by atoms with Crippen LogP contribution in [0.3, 0.4) is 0 Å². The minimum Gasteiger partial charge on any atom is -0.546 e. The van der Waals surface area contributed by atoms with Crippen LogP contribution in [0.2, 0.25) is 0 Å². The van der Waals surface area contributed by atoms with Crippen molar-refractivity contribution in [2.45, 2.75) is 20.0 Å². The number of hydrogen-bond donors (Lipinski definition) is 0. The molecule has 62 valence electrons. The van der Waals surface area contributed by atoms with E-state index in [1.165, 1.54) is 13.8 Å². The summed E-state index contributed by atoms with van der Waals surface area (Å²) < 4.78 is 4.37. The summed E-state index contributed by atoms with van der Waals surface area (Å²) in [6, 6.07) is 0. The monoisotopic (exact) mass is 196 g/mol. The van der Waals surface area contributed by atoms with E-state index in [-0.39, 0.29) is 57.0 Å². The number of rotatable bonds is 3. The van der Waals surface area contributed by atoms with Gasteiger partial charge < -0.3 is 14.6 Å². The molecule has 12 heavy (non-hydrogen) atoms. The third-order valence-corrected chi connectivity index (χ3v) is 0.964. The van der Waals surface area contributed by atoms with Crippen LogP contribution in [0.4, 0.5) is 0 Å².